The van der Waals surface area contributed by atoms with Crippen molar-refractivity contribution in [2.45, 2.75) is 6.92 Å². The van der Waals surface area contributed by atoms with Gasteiger partial charge in [0.25, 0.3) is 0 Å². The Hall–Kier alpha value is -2.31. The molecule has 0 atom stereocenters. The van der Waals surface area contributed by atoms with E-state index in [1.54, 1.807) is 30.5 Å². The predicted molar refractivity (Wildman–Crippen MR) is 89.8 cm³/mol. The third-order valence-corrected chi connectivity index (χ3v) is 3.13. The fraction of sp³-hybridized carbons (Fsp3) is 0.133. The first-order chi connectivity index (χ1) is 11.0. The highest BCUT2D eigenvalue weighted by molar-refractivity contribution is 6.35. The van der Waals surface area contributed by atoms with Crippen molar-refractivity contribution in [1.29, 1.82) is 0 Å². The van der Waals surface area contributed by atoms with Crippen molar-refractivity contribution < 1.29 is 14.3 Å². The Kier molecular flexibility index (Phi) is 5.78. The van der Waals surface area contributed by atoms with Gasteiger partial charge in [0.1, 0.15) is 0 Å². The maximum atomic E-state index is 11.0. The lowest BCUT2D eigenvalue weighted by Gasteiger charge is -2.08. The Morgan fingerprint density at radius 3 is 2.74 bits per heavy atom. The van der Waals surface area contributed by atoms with Gasteiger partial charge in [0.2, 0.25) is 0 Å². The zero-order valence-corrected chi connectivity index (χ0v) is 13.9. The Labute approximate surface area is 143 Å². The Morgan fingerprint density at radius 2 is 2.09 bits per heavy atom. The van der Waals surface area contributed by atoms with Crippen molar-refractivity contribution in [3.63, 3.8) is 0 Å². The Bertz CT molecular complexity index is 751. The second kappa shape index (κ2) is 7.80. The molecule has 0 amide bonds. The first-order valence-corrected chi connectivity index (χ1v) is 7.21. The zero-order chi connectivity index (χ0) is 16.8. The van der Waals surface area contributed by atoms with Crippen LogP contribution in [-0.2, 0) is 4.79 Å². The van der Waals surface area contributed by atoms with E-state index in [0.717, 1.165) is 5.56 Å². The highest BCUT2D eigenvalue weighted by Crippen LogP contribution is 2.27. The highest BCUT2D eigenvalue weighted by atomic mass is 35.5. The van der Waals surface area contributed by atoms with Gasteiger partial charge in [-0.05, 0) is 29.8 Å². The third-order valence-electron chi connectivity index (χ3n) is 2.63. The maximum absolute atomic E-state index is 11.0. The van der Waals surface area contributed by atoms with Gasteiger partial charge in [0, 0.05) is 13.1 Å². The monoisotopic (exact) mass is 353 g/mol. The summed E-state index contributed by atoms with van der Waals surface area (Å²) < 4.78 is 10.2. The number of aromatic nitrogens is 1. The largest absolute Gasteiger partial charge is 0.493 e. The summed E-state index contributed by atoms with van der Waals surface area (Å²) in [5.74, 6) is 0.727. The molecule has 0 unspecified atom stereocenters. The van der Waals surface area contributed by atoms with Crippen LogP contribution < -0.4 is 14.9 Å². The van der Waals surface area contributed by atoms with Gasteiger partial charge in [0.05, 0.1) is 23.4 Å². The van der Waals surface area contributed by atoms with Crippen LogP contribution in [0.1, 0.15) is 12.5 Å². The molecule has 1 aromatic heterocycles. The number of methoxy groups -OCH3 is 1. The molecule has 120 valence electrons. The highest BCUT2D eigenvalue weighted by Gasteiger charge is 2.07. The number of nitrogens with one attached hydrogen (secondary N) is 1. The number of pyridine rings is 1. The molecule has 0 aliphatic heterocycles. The fourth-order valence-electron chi connectivity index (χ4n) is 1.67. The van der Waals surface area contributed by atoms with Crippen LogP contribution in [0.5, 0.6) is 11.5 Å². The number of rotatable bonds is 5. The van der Waals surface area contributed by atoms with E-state index >= 15 is 0 Å². The van der Waals surface area contributed by atoms with Crippen LogP contribution in [0.3, 0.4) is 0 Å². The topological polar surface area (TPSA) is 72.8 Å². The van der Waals surface area contributed by atoms with Crippen molar-refractivity contribution in [3.05, 3.63) is 46.1 Å². The van der Waals surface area contributed by atoms with Crippen molar-refractivity contribution >= 4 is 41.2 Å². The smallest absolute Gasteiger partial charge is 0.308 e. The van der Waals surface area contributed by atoms with Crippen LogP contribution >= 0.6 is 23.2 Å². The maximum Gasteiger partial charge on any atom is 0.308 e. The van der Waals surface area contributed by atoms with E-state index < -0.39 is 5.97 Å². The van der Waals surface area contributed by atoms with Gasteiger partial charge in [-0.25, -0.2) is 4.98 Å². The van der Waals surface area contributed by atoms with E-state index in [9.17, 15) is 4.79 Å². The lowest BCUT2D eigenvalue weighted by atomic mass is 10.2. The second-order valence-corrected chi connectivity index (χ2v) is 5.20. The van der Waals surface area contributed by atoms with Crippen LogP contribution in [-0.4, -0.2) is 24.3 Å². The van der Waals surface area contributed by atoms with Gasteiger partial charge in [-0.2, -0.15) is 5.10 Å². The number of hydrazone groups is 1. The van der Waals surface area contributed by atoms with E-state index in [-0.39, 0.29) is 0 Å². The summed E-state index contributed by atoms with van der Waals surface area (Å²) in [4.78, 5) is 15.0. The number of carbonyl (C=O) groups is 1. The number of hydrogen-bond acceptors (Lipinski definition) is 6. The van der Waals surface area contributed by atoms with Crippen LogP contribution in [0, 0.1) is 0 Å². The minimum absolute atomic E-state index is 0.340. The van der Waals surface area contributed by atoms with Crippen molar-refractivity contribution in [1.82, 2.24) is 4.98 Å². The van der Waals surface area contributed by atoms with Gasteiger partial charge in [-0.3, -0.25) is 10.2 Å². The molecule has 0 radical (unpaired) electrons. The van der Waals surface area contributed by atoms with Gasteiger partial charge >= 0.3 is 5.97 Å². The van der Waals surface area contributed by atoms with Gasteiger partial charge in [-0.1, -0.05) is 23.2 Å². The van der Waals surface area contributed by atoms with E-state index in [1.165, 1.54) is 20.2 Å². The molecule has 0 aliphatic carbocycles. The zero-order valence-electron chi connectivity index (χ0n) is 12.3. The molecule has 0 bridgehead atoms. The van der Waals surface area contributed by atoms with E-state index in [4.69, 9.17) is 32.7 Å². The quantitative estimate of drug-likeness (QED) is 0.383. The number of esters is 1. The average molecular weight is 354 g/mol. The van der Waals surface area contributed by atoms with Gasteiger partial charge in [0.15, 0.2) is 17.3 Å². The van der Waals surface area contributed by atoms with Crippen LogP contribution in [0.25, 0.3) is 0 Å². The molecule has 23 heavy (non-hydrogen) atoms. The normalized spacial score (nSPS) is 10.6. The number of anilines is 1. The molecular weight excluding hydrogens is 341 g/mol. The standard InChI is InChI=1S/C15H13Cl2N3O3/c1-9(21)23-13-4-3-10(5-14(13)22-2)7-19-20-15-12(17)6-11(16)8-18-15/h3-8H,1-2H3,(H,18,20)/b19-7-. The molecule has 2 rings (SSSR count). The SMILES string of the molecule is COc1cc(/C=N\Nc2ncc(Cl)cc2Cl)ccc1OC(C)=O. The summed E-state index contributed by atoms with van der Waals surface area (Å²) in [7, 11) is 1.49. The molecule has 0 aliphatic rings. The van der Waals surface area contributed by atoms with E-state index in [2.05, 4.69) is 15.5 Å². The Balaban J connectivity index is 2.11. The second-order valence-electron chi connectivity index (χ2n) is 4.36. The molecule has 1 aromatic carbocycles. The van der Waals surface area contributed by atoms with Crippen molar-refractivity contribution in [2.24, 2.45) is 5.10 Å². The van der Waals surface area contributed by atoms with Crippen LogP contribution in [0.15, 0.2) is 35.6 Å². The van der Waals surface area contributed by atoms with Crippen molar-refractivity contribution in [2.75, 3.05) is 12.5 Å². The summed E-state index contributed by atoms with van der Waals surface area (Å²) >= 11 is 11.7. The first kappa shape index (κ1) is 17.1. The number of halogens is 2. The molecule has 1 N–H and O–H groups in total. The first-order valence-electron chi connectivity index (χ1n) is 6.46. The summed E-state index contributed by atoms with van der Waals surface area (Å²) in [5.41, 5.74) is 3.45. The number of carbonyl (C=O) groups excluding carboxylic acids is 1. The number of nitrogens with zero attached hydrogens (tertiary/aromatic N) is 2. The predicted octanol–water partition coefficient (Wildman–Crippen LogP) is 3.77. The molecule has 0 saturated carbocycles. The minimum Gasteiger partial charge on any atom is -0.493 e. The van der Waals surface area contributed by atoms with E-state index in [0.29, 0.717) is 27.4 Å². The Morgan fingerprint density at radius 1 is 1.30 bits per heavy atom. The van der Waals surface area contributed by atoms with Crippen molar-refractivity contribution in [3.8, 4) is 11.5 Å². The van der Waals surface area contributed by atoms with Gasteiger partial charge in [-0.15, -0.1) is 0 Å². The number of benzene rings is 1. The van der Waals surface area contributed by atoms with Crippen LogP contribution in [0.4, 0.5) is 5.82 Å². The van der Waals surface area contributed by atoms with E-state index in [1.807, 2.05) is 0 Å². The summed E-state index contributed by atoms with van der Waals surface area (Å²) in [6.45, 7) is 1.32. The molecular formula is C15H13Cl2N3O3. The summed E-state index contributed by atoms with van der Waals surface area (Å²) in [6.07, 6.45) is 3.01. The third kappa shape index (κ3) is 4.84. The molecule has 2 aromatic rings. The molecule has 0 fully saturated rings. The lowest BCUT2D eigenvalue weighted by Crippen LogP contribution is -2.03. The average Bonchev–Trinajstić information content (AvgIpc) is 2.50. The molecule has 1 heterocycles. The summed E-state index contributed by atoms with van der Waals surface area (Å²) in [6, 6.07) is 6.59. The molecule has 0 saturated heterocycles. The number of hydrogen-bond donors (Lipinski definition) is 1. The molecule has 0 spiro atoms. The molecule has 8 heteroatoms. The lowest BCUT2D eigenvalue weighted by molar-refractivity contribution is -0.132. The summed E-state index contributed by atoms with van der Waals surface area (Å²) in [5, 5.41) is 4.84. The fourth-order valence-corrected chi connectivity index (χ4v) is 2.09. The van der Waals surface area contributed by atoms with Gasteiger partial charge < -0.3 is 9.47 Å². The minimum atomic E-state index is -0.421. The van der Waals surface area contributed by atoms with Crippen LogP contribution in [0.2, 0.25) is 10.0 Å². The number of ether oxygens (including phenoxy) is 2. The molecule has 6 nitrogen and oxygen atoms in total.